The fourth-order valence-electron chi connectivity index (χ4n) is 0.479. The van der Waals surface area contributed by atoms with Gasteiger partial charge in [-0.25, -0.2) is 0 Å². The van der Waals surface area contributed by atoms with Gasteiger partial charge < -0.3 is 10.0 Å². The van der Waals surface area contributed by atoms with Gasteiger partial charge >= 0.3 is 0 Å². The highest BCUT2D eigenvalue weighted by Gasteiger charge is 1.99. The van der Waals surface area contributed by atoms with Crippen molar-refractivity contribution in [2.75, 3.05) is 26.4 Å². The molecule has 0 unspecified atom stereocenters. The van der Waals surface area contributed by atoms with Crippen LogP contribution in [-0.4, -0.2) is 42.5 Å². The van der Waals surface area contributed by atoms with Gasteiger partial charge in [0.15, 0.2) is 0 Å². The fourth-order valence-corrected chi connectivity index (χ4v) is 0.595. The molecule has 0 bridgehead atoms. The highest BCUT2D eigenvalue weighted by molar-refractivity contribution is 7.80. The molecule has 1 N–H and O–H groups in total. The molecule has 0 aliphatic rings. The maximum Gasteiger partial charge on any atom is 0.0754 e. The smallest absolute Gasteiger partial charge is 0.0754 e. The van der Waals surface area contributed by atoms with E-state index in [-0.39, 0.29) is 6.10 Å². The van der Waals surface area contributed by atoms with Crippen LogP contribution in [0.15, 0.2) is 0 Å². The van der Waals surface area contributed by atoms with Gasteiger partial charge in [0, 0.05) is 12.3 Å². The number of thiol groups is 1. The van der Waals surface area contributed by atoms with Gasteiger partial charge in [-0.2, -0.15) is 12.6 Å². The van der Waals surface area contributed by atoms with Crippen molar-refractivity contribution >= 4 is 12.6 Å². The van der Waals surface area contributed by atoms with E-state index < -0.39 is 0 Å². The van der Waals surface area contributed by atoms with Crippen molar-refractivity contribution in [3.8, 4) is 0 Å². The van der Waals surface area contributed by atoms with Crippen molar-refractivity contribution in [2.24, 2.45) is 0 Å². The maximum atomic E-state index is 8.91. The summed E-state index contributed by atoms with van der Waals surface area (Å²) in [5.41, 5.74) is 0. The second-order valence-corrected chi connectivity index (χ2v) is 2.46. The summed E-state index contributed by atoms with van der Waals surface area (Å²) in [6.45, 7) is 0.698. The van der Waals surface area contributed by atoms with Crippen molar-refractivity contribution in [3.05, 3.63) is 0 Å². The molecule has 2 nitrogen and oxygen atoms in total. The third kappa shape index (κ3) is 4.43. The molecule has 0 fully saturated rings. The normalized spacial score (nSPS) is 14.6. The Bertz CT molecular complexity index is 58.4. The van der Waals surface area contributed by atoms with Crippen molar-refractivity contribution in [3.63, 3.8) is 0 Å². The predicted molar refractivity (Wildman–Crippen MR) is 38.4 cm³/mol. The summed E-state index contributed by atoms with van der Waals surface area (Å²) in [4.78, 5) is 1.93. The van der Waals surface area contributed by atoms with Crippen LogP contribution in [0.1, 0.15) is 0 Å². The second-order valence-electron chi connectivity index (χ2n) is 2.10. The third-order valence-corrected chi connectivity index (χ3v) is 1.21. The molecule has 3 heteroatoms. The molecule has 0 radical (unpaired) electrons. The van der Waals surface area contributed by atoms with E-state index in [4.69, 9.17) is 5.11 Å². The minimum absolute atomic E-state index is 0.284. The van der Waals surface area contributed by atoms with Gasteiger partial charge in [-0.3, -0.25) is 0 Å². The van der Waals surface area contributed by atoms with Crippen molar-refractivity contribution in [1.82, 2.24) is 4.90 Å². The van der Waals surface area contributed by atoms with E-state index in [9.17, 15) is 0 Å². The summed E-state index contributed by atoms with van der Waals surface area (Å²) in [5, 5.41) is 8.91. The summed E-state index contributed by atoms with van der Waals surface area (Å²) in [6, 6.07) is 0. The Kier molecular flexibility index (Phi) is 4.32. The Labute approximate surface area is 55.9 Å². The van der Waals surface area contributed by atoms with Crippen LogP contribution in [0.3, 0.4) is 0 Å². The fraction of sp³-hybridized carbons (Fsp3) is 1.00. The zero-order valence-electron chi connectivity index (χ0n) is 5.33. The molecule has 0 rings (SSSR count). The molecular weight excluding hydrogens is 122 g/mol. The first-order valence-electron chi connectivity index (χ1n) is 2.60. The molecule has 0 saturated carbocycles. The van der Waals surface area contributed by atoms with E-state index in [1.54, 1.807) is 0 Å². The van der Waals surface area contributed by atoms with Gasteiger partial charge in [0.25, 0.3) is 0 Å². The van der Waals surface area contributed by atoms with Gasteiger partial charge in [0.05, 0.1) is 6.10 Å². The molecule has 0 aliphatic carbocycles. The molecule has 0 aliphatic heterocycles. The second kappa shape index (κ2) is 4.18. The largest absolute Gasteiger partial charge is 0.391 e. The number of nitrogens with zero attached hydrogens (tertiary/aromatic N) is 1. The average molecular weight is 135 g/mol. The number of aliphatic hydroxyl groups excluding tert-OH is 1. The summed E-state index contributed by atoms with van der Waals surface area (Å²) >= 11 is 3.91. The van der Waals surface area contributed by atoms with Crippen LogP contribution < -0.4 is 0 Å². The average Bonchev–Trinajstić information content (AvgIpc) is 1.65. The van der Waals surface area contributed by atoms with Crippen LogP contribution in [0.4, 0.5) is 0 Å². The Balaban J connectivity index is 3.10. The topological polar surface area (TPSA) is 23.5 Å². The Hall–Kier alpha value is 0.270. The Morgan fingerprint density at radius 3 is 2.25 bits per heavy atom. The van der Waals surface area contributed by atoms with Crippen LogP contribution in [0.5, 0.6) is 0 Å². The molecule has 50 valence electrons. The molecule has 0 heterocycles. The molecular formula is C5H13NOS. The van der Waals surface area contributed by atoms with Gasteiger partial charge in [0.1, 0.15) is 0 Å². The molecule has 0 spiro atoms. The molecule has 0 aromatic heterocycles. The van der Waals surface area contributed by atoms with Crippen LogP contribution in [0.25, 0.3) is 0 Å². The number of hydrogen-bond acceptors (Lipinski definition) is 3. The molecule has 8 heavy (non-hydrogen) atoms. The minimum atomic E-state index is -0.284. The van der Waals surface area contributed by atoms with E-state index in [0.717, 1.165) is 0 Å². The summed E-state index contributed by atoms with van der Waals surface area (Å²) < 4.78 is 0. The Morgan fingerprint density at radius 2 is 2.12 bits per heavy atom. The SMILES string of the molecule is CN(C)C[C@@H](O)CS. The molecule has 0 aromatic carbocycles. The van der Waals surface area contributed by atoms with Crippen molar-refractivity contribution in [1.29, 1.82) is 0 Å². The Morgan fingerprint density at radius 1 is 1.62 bits per heavy atom. The van der Waals surface area contributed by atoms with E-state index in [2.05, 4.69) is 12.6 Å². The predicted octanol–water partition coefficient (Wildman–Crippen LogP) is -0.161. The number of hydrogen-bond donors (Lipinski definition) is 2. The molecule has 0 aromatic rings. The minimum Gasteiger partial charge on any atom is -0.391 e. The summed E-state index contributed by atoms with van der Waals surface area (Å²) in [5.74, 6) is 0.540. The van der Waals surface area contributed by atoms with Gasteiger partial charge in [-0.15, -0.1) is 0 Å². The van der Waals surface area contributed by atoms with Crippen molar-refractivity contribution in [2.45, 2.75) is 6.10 Å². The quantitative estimate of drug-likeness (QED) is 0.525. The van der Waals surface area contributed by atoms with Crippen LogP contribution in [0.2, 0.25) is 0 Å². The molecule has 0 saturated heterocycles. The van der Waals surface area contributed by atoms with E-state index in [1.807, 2.05) is 19.0 Å². The van der Waals surface area contributed by atoms with E-state index in [0.29, 0.717) is 12.3 Å². The standard InChI is InChI=1S/C5H13NOS/c1-6(2)3-5(7)4-8/h5,7-8H,3-4H2,1-2H3/t5-/m1/s1. The number of aliphatic hydroxyl groups is 1. The number of rotatable bonds is 3. The van der Waals surface area contributed by atoms with Gasteiger partial charge in [-0.05, 0) is 14.1 Å². The lowest BCUT2D eigenvalue weighted by Gasteiger charge is -2.12. The summed E-state index contributed by atoms with van der Waals surface area (Å²) in [7, 11) is 3.85. The first-order valence-corrected chi connectivity index (χ1v) is 3.23. The zero-order valence-corrected chi connectivity index (χ0v) is 6.23. The lowest BCUT2D eigenvalue weighted by atomic mass is 10.4. The lowest BCUT2D eigenvalue weighted by molar-refractivity contribution is 0.158. The highest BCUT2D eigenvalue weighted by Crippen LogP contribution is 1.87. The van der Waals surface area contributed by atoms with E-state index >= 15 is 0 Å². The maximum absolute atomic E-state index is 8.91. The van der Waals surface area contributed by atoms with Crippen LogP contribution in [-0.2, 0) is 0 Å². The van der Waals surface area contributed by atoms with Crippen LogP contribution in [0, 0.1) is 0 Å². The molecule has 0 amide bonds. The third-order valence-electron chi connectivity index (χ3n) is 0.787. The summed E-state index contributed by atoms with van der Waals surface area (Å²) in [6.07, 6.45) is -0.284. The monoisotopic (exact) mass is 135 g/mol. The first kappa shape index (κ1) is 8.27. The lowest BCUT2D eigenvalue weighted by Crippen LogP contribution is -2.26. The van der Waals surface area contributed by atoms with Crippen LogP contribution >= 0.6 is 12.6 Å². The zero-order chi connectivity index (χ0) is 6.57. The number of likely N-dealkylation sites (N-methyl/N-ethyl adjacent to an activating group) is 1. The van der Waals surface area contributed by atoms with E-state index in [1.165, 1.54) is 0 Å². The highest BCUT2D eigenvalue weighted by atomic mass is 32.1. The van der Waals surface area contributed by atoms with Crippen molar-refractivity contribution < 1.29 is 5.11 Å². The first-order chi connectivity index (χ1) is 3.66. The molecule has 1 atom stereocenters. The van der Waals surface area contributed by atoms with Gasteiger partial charge in [0.2, 0.25) is 0 Å². The van der Waals surface area contributed by atoms with Gasteiger partial charge in [-0.1, -0.05) is 0 Å².